The molecule has 0 aliphatic heterocycles. The normalized spacial score (nSPS) is 10.6. The summed E-state index contributed by atoms with van der Waals surface area (Å²) >= 11 is 1.41. The summed E-state index contributed by atoms with van der Waals surface area (Å²) in [6.45, 7) is 4.42. The number of aryl methyl sites for hydroxylation is 1. The molecule has 0 atom stereocenters. The van der Waals surface area contributed by atoms with Crippen molar-refractivity contribution in [3.8, 4) is 11.5 Å². The molecule has 1 amide bonds. The van der Waals surface area contributed by atoms with E-state index in [1.807, 2.05) is 56.3 Å². The Labute approximate surface area is 144 Å². The number of rotatable bonds is 6. The van der Waals surface area contributed by atoms with Crippen molar-refractivity contribution in [2.75, 3.05) is 18.5 Å². The Morgan fingerprint density at radius 2 is 2.04 bits per heavy atom. The molecule has 1 heterocycles. The molecule has 5 nitrogen and oxygen atoms in total. The van der Waals surface area contributed by atoms with Crippen LogP contribution in [0.5, 0.6) is 11.5 Å². The topological polar surface area (TPSA) is 60.5 Å². The molecule has 1 N–H and O–H groups in total. The van der Waals surface area contributed by atoms with Gasteiger partial charge in [0.05, 0.1) is 11.3 Å². The van der Waals surface area contributed by atoms with E-state index in [2.05, 4.69) is 10.3 Å². The van der Waals surface area contributed by atoms with Crippen LogP contribution in [0.15, 0.2) is 42.5 Å². The van der Waals surface area contributed by atoms with E-state index in [-0.39, 0.29) is 12.5 Å². The first-order valence-corrected chi connectivity index (χ1v) is 8.49. The number of hydrogen-bond donors (Lipinski definition) is 1. The van der Waals surface area contributed by atoms with Crippen molar-refractivity contribution >= 4 is 32.6 Å². The molecule has 0 bridgehead atoms. The van der Waals surface area contributed by atoms with Gasteiger partial charge in [-0.05, 0) is 43.7 Å². The molecular formula is C18H18N2O3S. The van der Waals surface area contributed by atoms with Crippen LogP contribution in [0.3, 0.4) is 0 Å². The Bertz CT molecular complexity index is 860. The van der Waals surface area contributed by atoms with E-state index in [4.69, 9.17) is 9.47 Å². The fourth-order valence-electron chi connectivity index (χ4n) is 2.26. The van der Waals surface area contributed by atoms with Crippen LogP contribution in [0.4, 0.5) is 5.13 Å². The number of para-hydroxylation sites is 1. The number of nitrogens with zero attached hydrogens (tertiary/aromatic N) is 1. The first-order chi connectivity index (χ1) is 11.7. The molecule has 124 valence electrons. The minimum absolute atomic E-state index is 0.0578. The fraction of sp³-hybridized carbons (Fsp3) is 0.222. The van der Waals surface area contributed by atoms with Gasteiger partial charge in [0.1, 0.15) is 17.0 Å². The number of anilines is 1. The molecule has 3 aromatic rings. The molecule has 0 saturated heterocycles. The first kappa shape index (κ1) is 16.3. The summed E-state index contributed by atoms with van der Waals surface area (Å²) in [7, 11) is 0. The van der Waals surface area contributed by atoms with Crippen molar-refractivity contribution in [3.05, 3.63) is 48.0 Å². The molecule has 24 heavy (non-hydrogen) atoms. The number of benzene rings is 2. The largest absolute Gasteiger partial charge is 0.492 e. The van der Waals surface area contributed by atoms with E-state index in [1.54, 1.807) is 0 Å². The second-order valence-corrected chi connectivity index (χ2v) is 6.24. The van der Waals surface area contributed by atoms with Gasteiger partial charge in [-0.1, -0.05) is 29.5 Å². The van der Waals surface area contributed by atoms with E-state index < -0.39 is 0 Å². The highest BCUT2D eigenvalue weighted by molar-refractivity contribution is 7.22. The highest BCUT2D eigenvalue weighted by Crippen LogP contribution is 2.32. The van der Waals surface area contributed by atoms with E-state index in [1.165, 1.54) is 11.3 Å². The van der Waals surface area contributed by atoms with Crippen LogP contribution in [0.1, 0.15) is 12.5 Å². The second-order valence-electron chi connectivity index (χ2n) is 5.21. The molecule has 3 rings (SSSR count). The summed E-state index contributed by atoms with van der Waals surface area (Å²) < 4.78 is 12.0. The zero-order chi connectivity index (χ0) is 16.9. The molecule has 2 aromatic carbocycles. The second kappa shape index (κ2) is 7.31. The predicted molar refractivity (Wildman–Crippen MR) is 96.1 cm³/mol. The molecule has 6 heteroatoms. The molecule has 0 fully saturated rings. The number of carbonyl (C=O) groups is 1. The SMILES string of the molecule is CCOc1cccc2sc(NC(=O)COc3cccc(C)c3)nc12. The zero-order valence-corrected chi connectivity index (χ0v) is 14.4. The minimum Gasteiger partial charge on any atom is -0.492 e. The Balaban J connectivity index is 1.66. The summed E-state index contributed by atoms with van der Waals surface area (Å²) in [4.78, 5) is 16.5. The van der Waals surface area contributed by atoms with Gasteiger partial charge in [0.2, 0.25) is 0 Å². The fourth-order valence-corrected chi connectivity index (χ4v) is 3.16. The number of carbonyl (C=O) groups excluding carboxylic acids is 1. The Kier molecular flexibility index (Phi) is 4.96. The standard InChI is InChI=1S/C18H18N2O3S/c1-3-22-14-8-5-9-15-17(14)20-18(24-15)19-16(21)11-23-13-7-4-6-12(2)10-13/h4-10H,3,11H2,1-2H3,(H,19,20,21). The van der Waals surface area contributed by atoms with Crippen LogP contribution >= 0.6 is 11.3 Å². The number of thiazole rings is 1. The molecule has 0 spiro atoms. The lowest BCUT2D eigenvalue weighted by Gasteiger charge is -2.06. The summed E-state index contributed by atoms with van der Waals surface area (Å²) in [6.07, 6.45) is 0. The van der Waals surface area contributed by atoms with Crippen molar-refractivity contribution in [3.63, 3.8) is 0 Å². The van der Waals surface area contributed by atoms with Crippen molar-refractivity contribution in [1.29, 1.82) is 0 Å². The van der Waals surface area contributed by atoms with Gasteiger partial charge in [0, 0.05) is 0 Å². The highest BCUT2D eigenvalue weighted by atomic mass is 32.1. The lowest BCUT2D eigenvalue weighted by atomic mass is 10.2. The van der Waals surface area contributed by atoms with Gasteiger partial charge in [-0.3, -0.25) is 10.1 Å². The Morgan fingerprint density at radius 1 is 1.21 bits per heavy atom. The van der Waals surface area contributed by atoms with Gasteiger partial charge in [-0.2, -0.15) is 0 Å². The van der Waals surface area contributed by atoms with Crippen molar-refractivity contribution in [1.82, 2.24) is 4.98 Å². The van der Waals surface area contributed by atoms with Gasteiger partial charge < -0.3 is 9.47 Å². The van der Waals surface area contributed by atoms with Gasteiger partial charge >= 0.3 is 0 Å². The number of fused-ring (bicyclic) bond motifs is 1. The van der Waals surface area contributed by atoms with E-state index in [0.29, 0.717) is 17.5 Å². The van der Waals surface area contributed by atoms with Gasteiger partial charge in [-0.25, -0.2) is 4.98 Å². The maximum Gasteiger partial charge on any atom is 0.264 e. The number of hydrogen-bond acceptors (Lipinski definition) is 5. The number of nitrogens with one attached hydrogen (secondary N) is 1. The van der Waals surface area contributed by atoms with E-state index in [9.17, 15) is 4.79 Å². The van der Waals surface area contributed by atoms with Crippen molar-refractivity contribution < 1.29 is 14.3 Å². The maximum atomic E-state index is 12.1. The minimum atomic E-state index is -0.242. The summed E-state index contributed by atoms with van der Waals surface area (Å²) in [5.74, 6) is 1.16. The maximum absolute atomic E-state index is 12.1. The first-order valence-electron chi connectivity index (χ1n) is 7.67. The lowest BCUT2D eigenvalue weighted by molar-refractivity contribution is -0.118. The Hall–Kier alpha value is -2.60. The zero-order valence-electron chi connectivity index (χ0n) is 13.5. The molecular weight excluding hydrogens is 324 g/mol. The third-order valence-electron chi connectivity index (χ3n) is 3.29. The third-order valence-corrected chi connectivity index (χ3v) is 4.22. The van der Waals surface area contributed by atoms with Crippen LogP contribution in [-0.4, -0.2) is 24.1 Å². The molecule has 0 aliphatic rings. The van der Waals surface area contributed by atoms with Crippen molar-refractivity contribution in [2.24, 2.45) is 0 Å². The summed E-state index contributed by atoms with van der Waals surface area (Å²) in [5.41, 5.74) is 1.85. The van der Waals surface area contributed by atoms with Crippen molar-refractivity contribution in [2.45, 2.75) is 13.8 Å². The average Bonchev–Trinajstić information content (AvgIpc) is 2.97. The number of amides is 1. The summed E-state index contributed by atoms with van der Waals surface area (Å²) in [5, 5.41) is 3.31. The number of ether oxygens (including phenoxy) is 2. The van der Waals surface area contributed by atoms with Crippen LogP contribution in [0.25, 0.3) is 10.2 Å². The molecule has 1 aromatic heterocycles. The molecule has 0 radical (unpaired) electrons. The Morgan fingerprint density at radius 3 is 2.83 bits per heavy atom. The van der Waals surface area contributed by atoms with Crippen LogP contribution in [-0.2, 0) is 4.79 Å². The van der Waals surface area contributed by atoms with E-state index >= 15 is 0 Å². The van der Waals surface area contributed by atoms with Crippen LogP contribution in [0, 0.1) is 6.92 Å². The van der Waals surface area contributed by atoms with Gasteiger partial charge in [0.15, 0.2) is 11.7 Å². The lowest BCUT2D eigenvalue weighted by Crippen LogP contribution is -2.20. The quantitative estimate of drug-likeness (QED) is 0.735. The van der Waals surface area contributed by atoms with Crippen LogP contribution in [0.2, 0.25) is 0 Å². The smallest absolute Gasteiger partial charge is 0.264 e. The average molecular weight is 342 g/mol. The van der Waals surface area contributed by atoms with Gasteiger partial charge in [-0.15, -0.1) is 0 Å². The summed E-state index contributed by atoms with van der Waals surface area (Å²) in [6, 6.07) is 13.3. The molecule has 0 aliphatic carbocycles. The van der Waals surface area contributed by atoms with E-state index in [0.717, 1.165) is 21.5 Å². The van der Waals surface area contributed by atoms with Crippen LogP contribution < -0.4 is 14.8 Å². The highest BCUT2D eigenvalue weighted by Gasteiger charge is 2.11. The third kappa shape index (κ3) is 3.83. The molecule has 0 saturated carbocycles. The number of aromatic nitrogens is 1. The van der Waals surface area contributed by atoms with Gasteiger partial charge in [0.25, 0.3) is 5.91 Å². The molecule has 0 unspecified atom stereocenters. The predicted octanol–water partition coefficient (Wildman–Crippen LogP) is 4.02. The monoisotopic (exact) mass is 342 g/mol.